The molecular weight excluding hydrogens is 321 g/mol. The minimum Gasteiger partial charge on any atom is -0.478 e. The smallest absolute Gasteiger partial charge is 0.416 e. The van der Waals surface area contributed by atoms with Crippen molar-refractivity contribution in [2.75, 3.05) is 5.32 Å². The van der Waals surface area contributed by atoms with Gasteiger partial charge in [-0.15, -0.1) is 12.4 Å². The number of aromatic carboxylic acids is 1. The van der Waals surface area contributed by atoms with Crippen molar-refractivity contribution >= 4 is 29.9 Å². The summed E-state index contributed by atoms with van der Waals surface area (Å²) in [5.74, 6) is -1.22. The van der Waals surface area contributed by atoms with Crippen molar-refractivity contribution in [1.29, 1.82) is 0 Å². The maximum Gasteiger partial charge on any atom is 0.416 e. The van der Waals surface area contributed by atoms with Crippen LogP contribution in [0.3, 0.4) is 0 Å². The largest absolute Gasteiger partial charge is 0.478 e. The van der Waals surface area contributed by atoms with Crippen LogP contribution in [0.15, 0.2) is 36.5 Å². The van der Waals surface area contributed by atoms with Gasteiger partial charge in [0.05, 0.1) is 5.56 Å². The number of hydrogen-bond donors (Lipinski definition) is 2. The molecule has 22 heavy (non-hydrogen) atoms. The van der Waals surface area contributed by atoms with E-state index in [4.69, 9.17) is 5.11 Å². The SMILES string of the molecule is Cc1c(Nc2ncccc2C(=O)O)cccc1C(F)(F)F.Cl. The fraction of sp³-hybridized carbons (Fsp3) is 0.143. The van der Waals surface area contributed by atoms with Crippen LogP contribution in [0.4, 0.5) is 24.7 Å². The first kappa shape index (κ1) is 17.8. The third-order valence-electron chi connectivity index (χ3n) is 2.93. The zero-order chi connectivity index (χ0) is 15.6. The highest BCUT2D eigenvalue weighted by Crippen LogP contribution is 2.35. The van der Waals surface area contributed by atoms with E-state index in [1.54, 1.807) is 0 Å². The zero-order valence-electron chi connectivity index (χ0n) is 11.3. The lowest BCUT2D eigenvalue weighted by atomic mass is 10.1. The Balaban J connectivity index is 0.00000242. The lowest BCUT2D eigenvalue weighted by molar-refractivity contribution is -0.138. The fourth-order valence-electron chi connectivity index (χ4n) is 1.88. The van der Waals surface area contributed by atoms with Gasteiger partial charge < -0.3 is 10.4 Å². The second-order valence-electron chi connectivity index (χ2n) is 4.31. The van der Waals surface area contributed by atoms with Gasteiger partial charge in [0.15, 0.2) is 0 Å². The molecule has 0 amide bonds. The predicted octanol–water partition coefficient (Wildman–Crippen LogP) is 4.27. The molecule has 0 unspecified atom stereocenters. The van der Waals surface area contributed by atoms with Gasteiger partial charge in [-0.1, -0.05) is 6.07 Å². The molecule has 1 aromatic carbocycles. The number of carbonyl (C=O) groups is 1. The van der Waals surface area contributed by atoms with Crippen molar-refractivity contribution in [2.24, 2.45) is 0 Å². The highest BCUT2D eigenvalue weighted by atomic mass is 35.5. The Bertz CT molecular complexity index is 690. The van der Waals surface area contributed by atoms with Gasteiger partial charge in [-0.25, -0.2) is 9.78 Å². The Hall–Kier alpha value is -2.28. The number of nitrogens with one attached hydrogen (secondary N) is 1. The lowest BCUT2D eigenvalue weighted by Gasteiger charge is -2.15. The number of hydrogen-bond acceptors (Lipinski definition) is 3. The molecule has 1 heterocycles. The second kappa shape index (κ2) is 6.65. The topological polar surface area (TPSA) is 62.2 Å². The van der Waals surface area contributed by atoms with Crippen molar-refractivity contribution in [1.82, 2.24) is 4.98 Å². The highest BCUT2D eigenvalue weighted by molar-refractivity contribution is 5.94. The summed E-state index contributed by atoms with van der Waals surface area (Å²) in [6.45, 7) is 1.31. The highest BCUT2D eigenvalue weighted by Gasteiger charge is 2.33. The predicted molar refractivity (Wildman–Crippen MR) is 77.9 cm³/mol. The summed E-state index contributed by atoms with van der Waals surface area (Å²) in [4.78, 5) is 14.9. The van der Waals surface area contributed by atoms with Gasteiger partial charge in [0.2, 0.25) is 0 Å². The first-order valence-electron chi connectivity index (χ1n) is 5.93. The zero-order valence-corrected chi connectivity index (χ0v) is 12.1. The van der Waals surface area contributed by atoms with E-state index in [9.17, 15) is 18.0 Å². The van der Waals surface area contributed by atoms with Crippen LogP contribution in [-0.2, 0) is 6.18 Å². The molecule has 0 aliphatic heterocycles. The molecule has 0 fully saturated rings. The maximum atomic E-state index is 12.8. The van der Waals surface area contributed by atoms with Crippen molar-refractivity contribution < 1.29 is 23.1 Å². The van der Waals surface area contributed by atoms with E-state index in [2.05, 4.69) is 10.3 Å². The van der Waals surface area contributed by atoms with Gasteiger partial charge in [0, 0.05) is 11.9 Å². The van der Waals surface area contributed by atoms with Gasteiger partial charge in [-0.3, -0.25) is 0 Å². The molecule has 0 radical (unpaired) electrons. The van der Waals surface area contributed by atoms with Gasteiger partial charge in [0.25, 0.3) is 0 Å². The molecule has 0 saturated carbocycles. The van der Waals surface area contributed by atoms with E-state index >= 15 is 0 Å². The molecule has 8 heteroatoms. The maximum absolute atomic E-state index is 12.8. The molecule has 0 aliphatic rings. The molecule has 0 saturated heterocycles. The molecule has 2 rings (SSSR count). The van der Waals surface area contributed by atoms with Crippen molar-refractivity contribution in [3.63, 3.8) is 0 Å². The van der Waals surface area contributed by atoms with Crippen LogP contribution in [0.5, 0.6) is 0 Å². The van der Waals surface area contributed by atoms with Crippen LogP contribution < -0.4 is 5.32 Å². The van der Waals surface area contributed by atoms with Crippen LogP contribution >= 0.6 is 12.4 Å². The number of aromatic nitrogens is 1. The second-order valence-corrected chi connectivity index (χ2v) is 4.31. The van der Waals surface area contributed by atoms with E-state index < -0.39 is 17.7 Å². The monoisotopic (exact) mass is 332 g/mol. The lowest BCUT2D eigenvalue weighted by Crippen LogP contribution is -2.10. The molecule has 4 nitrogen and oxygen atoms in total. The summed E-state index contributed by atoms with van der Waals surface area (Å²) in [7, 11) is 0. The van der Waals surface area contributed by atoms with Crippen LogP contribution in [-0.4, -0.2) is 16.1 Å². The Morgan fingerprint density at radius 2 is 1.91 bits per heavy atom. The third-order valence-corrected chi connectivity index (χ3v) is 2.93. The number of pyridine rings is 1. The normalized spacial score (nSPS) is 10.7. The molecule has 0 bridgehead atoms. The molecule has 0 aliphatic carbocycles. The minimum absolute atomic E-state index is 0. The van der Waals surface area contributed by atoms with Crippen LogP contribution in [0.1, 0.15) is 21.5 Å². The summed E-state index contributed by atoms with van der Waals surface area (Å²) in [5.41, 5.74) is -0.757. The molecule has 0 spiro atoms. The first-order valence-corrected chi connectivity index (χ1v) is 5.93. The number of rotatable bonds is 3. The third kappa shape index (κ3) is 3.67. The number of benzene rings is 1. The number of anilines is 2. The molecule has 0 atom stereocenters. The Labute approximate surface area is 130 Å². The molecule has 2 N–H and O–H groups in total. The summed E-state index contributed by atoms with van der Waals surface area (Å²) in [5, 5.41) is 11.7. The van der Waals surface area contributed by atoms with Crippen molar-refractivity contribution in [3.8, 4) is 0 Å². The summed E-state index contributed by atoms with van der Waals surface area (Å²) in [6, 6.07) is 6.41. The van der Waals surface area contributed by atoms with Gasteiger partial charge in [-0.05, 0) is 36.8 Å². The Morgan fingerprint density at radius 3 is 2.50 bits per heavy atom. The number of halogens is 4. The van der Waals surface area contributed by atoms with Gasteiger partial charge in [0.1, 0.15) is 11.4 Å². The molecule has 2 aromatic rings. The molecular formula is C14H12ClF3N2O2. The summed E-state index contributed by atoms with van der Waals surface area (Å²) < 4.78 is 38.5. The van der Waals surface area contributed by atoms with Gasteiger partial charge in [-0.2, -0.15) is 13.2 Å². The fourth-order valence-corrected chi connectivity index (χ4v) is 1.88. The van der Waals surface area contributed by atoms with E-state index in [0.29, 0.717) is 0 Å². The average Bonchev–Trinajstić information content (AvgIpc) is 2.40. The summed E-state index contributed by atoms with van der Waals surface area (Å²) >= 11 is 0. The van der Waals surface area contributed by atoms with E-state index in [-0.39, 0.29) is 35.0 Å². The van der Waals surface area contributed by atoms with Gasteiger partial charge >= 0.3 is 12.1 Å². The standard InChI is InChI=1S/C14H11F3N2O2.ClH/c1-8-10(14(15,16)17)5-2-6-11(8)19-12-9(13(20)21)4-3-7-18-12;/h2-7H,1H3,(H,18,19)(H,20,21);1H. The van der Waals surface area contributed by atoms with E-state index in [1.807, 2.05) is 0 Å². The number of carboxylic acids is 1. The number of nitrogens with zero attached hydrogens (tertiary/aromatic N) is 1. The quantitative estimate of drug-likeness (QED) is 0.881. The minimum atomic E-state index is -4.47. The number of carboxylic acid groups (broad SMARTS) is 1. The first-order chi connectivity index (χ1) is 9.80. The van der Waals surface area contributed by atoms with Crippen molar-refractivity contribution in [3.05, 3.63) is 53.2 Å². The van der Waals surface area contributed by atoms with Crippen LogP contribution in [0, 0.1) is 6.92 Å². The molecule has 1 aromatic heterocycles. The van der Waals surface area contributed by atoms with E-state index in [0.717, 1.165) is 6.07 Å². The molecule has 118 valence electrons. The Kier molecular flexibility index (Phi) is 5.38. The van der Waals surface area contributed by atoms with Crippen LogP contribution in [0.25, 0.3) is 0 Å². The van der Waals surface area contributed by atoms with Crippen LogP contribution in [0.2, 0.25) is 0 Å². The Morgan fingerprint density at radius 1 is 1.23 bits per heavy atom. The average molecular weight is 333 g/mol. The number of alkyl halides is 3. The summed E-state index contributed by atoms with van der Waals surface area (Å²) in [6.07, 6.45) is -3.11. The van der Waals surface area contributed by atoms with Crippen molar-refractivity contribution in [2.45, 2.75) is 13.1 Å². The van der Waals surface area contributed by atoms with E-state index in [1.165, 1.54) is 37.4 Å².